The molecule has 2 rings (SSSR count). The van der Waals surface area contributed by atoms with Gasteiger partial charge in [-0.1, -0.05) is 19.9 Å². The zero-order valence-electron chi connectivity index (χ0n) is 12.9. The molecule has 0 saturated heterocycles. The third kappa shape index (κ3) is 3.06. The van der Waals surface area contributed by atoms with Crippen LogP contribution in [0, 0.1) is 11.7 Å². The number of rotatable bonds is 5. The van der Waals surface area contributed by atoms with Gasteiger partial charge in [-0.25, -0.2) is 9.37 Å². The second-order valence-electron chi connectivity index (χ2n) is 5.57. The number of fused-ring (bicyclic) bond motifs is 1. The van der Waals surface area contributed by atoms with Crippen molar-refractivity contribution < 1.29 is 13.9 Å². The molecule has 0 aliphatic carbocycles. The van der Waals surface area contributed by atoms with Crippen molar-refractivity contribution >= 4 is 17.0 Å². The lowest BCUT2D eigenvalue weighted by Crippen LogP contribution is -2.21. The number of carbonyl (C=O) groups is 1. The van der Waals surface area contributed by atoms with Gasteiger partial charge < -0.3 is 9.30 Å². The molecule has 1 heterocycles. The number of para-hydroxylation sites is 1. The Morgan fingerprint density at radius 3 is 2.71 bits per heavy atom. The van der Waals surface area contributed by atoms with Gasteiger partial charge in [0.1, 0.15) is 17.3 Å². The Bertz CT molecular complexity index is 649. The molecule has 0 saturated carbocycles. The first kappa shape index (κ1) is 15.5. The number of aryl methyl sites for hydroxylation is 1. The highest BCUT2D eigenvalue weighted by atomic mass is 19.1. The minimum absolute atomic E-state index is 0.299. The molecule has 114 valence electrons. The quantitative estimate of drug-likeness (QED) is 0.793. The van der Waals surface area contributed by atoms with E-state index in [1.54, 1.807) is 30.7 Å². The Balaban J connectivity index is 2.51. The predicted octanol–water partition coefficient (Wildman–Crippen LogP) is 3.41. The zero-order chi connectivity index (χ0) is 15.6. The van der Waals surface area contributed by atoms with Crippen LogP contribution < -0.4 is 0 Å². The Morgan fingerprint density at radius 2 is 2.14 bits per heavy atom. The van der Waals surface area contributed by atoms with Crippen molar-refractivity contribution in [3.63, 3.8) is 0 Å². The minimum Gasteiger partial charge on any atom is -0.465 e. The molecule has 21 heavy (non-hydrogen) atoms. The Labute approximate surface area is 123 Å². The fourth-order valence-corrected chi connectivity index (χ4v) is 2.53. The molecule has 0 radical (unpaired) electrons. The average molecular weight is 292 g/mol. The molecule has 1 aromatic heterocycles. The predicted molar refractivity (Wildman–Crippen MR) is 79.5 cm³/mol. The van der Waals surface area contributed by atoms with Crippen LogP contribution in [0.15, 0.2) is 18.2 Å². The molecule has 1 unspecified atom stereocenters. The van der Waals surface area contributed by atoms with Crippen LogP contribution in [-0.4, -0.2) is 22.1 Å². The fraction of sp³-hybridized carbons (Fsp3) is 0.500. The van der Waals surface area contributed by atoms with Gasteiger partial charge >= 0.3 is 5.97 Å². The summed E-state index contributed by atoms with van der Waals surface area (Å²) < 4.78 is 20.8. The first-order chi connectivity index (χ1) is 9.95. The third-order valence-electron chi connectivity index (χ3n) is 3.49. The standard InChI is InChI=1S/C16H21FN2O2/c1-5-21-16(20)11(9-10(2)3)15-18-14-12(17)7-6-8-13(14)19(15)4/h6-8,10-11H,5,9H2,1-4H3. The lowest BCUT2D eigenvalue weighted by atomic mass is 9.96. The summed E-state index contributed by atoms with van der Waals surface area (Å²) in [4.78, 5) is 16.6. The molecule has 2 aromatic rings. The van der Waals surface area contributed by atoms with Gasteiger partial charge in [0, 0.05) is 7.05 Å². The summed E-state index contributed by atoms with van der Waals surface area (Å²) in [6, 6.07) is 4.82. The molecule has 0 aliphatic heterocycles. The second-order valence-corrected chi connectivity index (χ2v) is 5.57. The van der Waals surface area contributed by atoms with Crippen LogP contribution in [0.1, 0.15) is 38.9 Å². The van der Waals surface area contributed by atoms with E-state index >= 15 is 0 Å². The molecule has 0 spiro atoms. The summed E-state index contributed by atoms with van der Waals surface area (Å²) in [6.45, 7) is 6.18. The van der Waals surface area contributed by atoms with Gasteiger partial charge in [0.2, 0.25) is 0 Å². The first-order valence-electron chi connectivity index (χ1n) is 7.23. The normalized spacial score (nSPS) is 12.9. The Kier molecular flexibility index (Phi) is 4.60. The largest absolute Gasteiger partial charge is 0.465 e. The molecular weight excluding hydrogens is 271 g/mol. The number of aromatic nitrogens is 2. The van der Waals surface area contributed by atoms with Gasteiger partial charge in [-0.05, 0) is 31.4 Å². The number of hydrogen-bond donors (Lipinski definition) is 0. The fourth-order valence-electron chi connectivity index (χ4n) is 2.53. The molecule has 0 N–H and O–H groups in total. The number of hydrogen-bond acceptors (Lipinski definition) is 3. The summed E-state index contributed by atoms with van der Waals surface area (Å²) >= 11 is 0. The van der Waals surface area contributed by atoms with Crippen LogP contribution in [0.4, 0.5) is 4.39 Å². The van der Waals surface area contributed by atoms with Crippen LogP contribution in [0.25, 0.3) is 11.0 Å². The van der Waals surface area contributed by atoms with Gasteiger partial charge in [-0.15, -0.1) is 0 Å². The number of halogens is 1. The molecule has 1 aromatic carbocycles. The van der Waals surface area contributed by atoms with Crippen LogP contribution in [0.3, 0.4) is 0 Å². The number of nitrogens with zero attached hydrogens (tertiary/aromatic N) is 2. The topological polar surface area (TPSA) is 44.1 Å². The van der Waals surface area contributed by atoms with Gasteiger partial charge in [-0.3, -0.25) is 4.79 Å². The molecule has 0 amide bonds. The van der Waals surface area contributed by atoms with E-state index in [4.69, 9.17) is 4.74 Å². The number of benzene rings is 1. The summed E-state index contributed by atoms with van der Waals surface area (Å²) in [5, 5.41) is 0. The van der Waals surface area contributed by atoms with E-state index in [0.717, 1.165) is 0 Å². The van der Waals surface area contributed by atoms with E-state index in [9.17, 15) is 9.18 Å². The number of esters is 1. The highest BCUT2D eigenvalue weighted by molar-refractivity contribution is 5.81. The van der Waals surface area contributed by atoms with Crippen molar-refractivity contribution in [2.45, 2.75) is 33.1 Å². The maximum Gasteiger partial charge on any atom is 0.316 e. The summed E-state index contributed by atoms with van der Waals surface area (Å²) in [6.07, 6.45) is 0.623. The van der Waals surface area contributed by atoms with Crippen molar-refractivity contribution in [1.82, 2.24) is 9.55 Å². The van der Waals surface area contributed by atoms with Crippen LogP contribution in [-0.2, 0) is 16.6 Å². The Morgan fingerprint density at radius 1 is 1.43 bits per heavy atom. The molecule has 1 atom stereocenters. The highest BCUT2D eigenvalue weighted by Gasteiger charge is 2.28. The second kappa shape index (κ2) is 6.24. The molecule has 0 fully saturated rings. The molecule has 0 bridgehead atoms. The first-order valence-corrected chi connectivity index (χ1v) is 7.23. The van der Waals surface area contributed by atoms with Gasteiger partial charge in [0.25, 0.3) is 0 Å². The lowest BCUT2D eigenvalue weighted by molar-refractivity contribution is -0.145. The number of imidazole rings is 1. The van der Waals surface area contributed by atoms with Crippen LogP contribution in [0.5, 0.6) is 0 Å². The van der Waals surface area contributed by atoms with Gasteiger partial charge in [0.15, 0.2) is 5.82 Å². The van der Waals surface area contributed by atoms with E-state index in [1.807, 2.05) is 13.8 Å². The molecular formula is C16H21FN2O2. The lowest BCUT2D eigenvalue weighted by Gasteiger charge is -2.17. The smallest absolute Gasteiger partial charge is 0.316 e. The molecule has 0 aliphatic rings. The van der Waals surface area contributed by atoms with Gasteiger partial charge in [0.05, 0.1) is 12.1 Å². The summed E-state index contributed by atoms with van der Waals surface area (Å²) in [5.74, 6) is -0.278. The Hall–Kier alpha value is -1.91. The number of ether oxygens (including phenoxy) is 1. The molecule has 4 nitrogen and oxygen atoms in total. The summed E-state index contributed by atoms with van der Waals surface area (Å²) in [7, 11) is 1.80. The van der Waals surface area contributed by atoms with Gasteiger partial charge in [-0.2, -0.15) is 0 Å². The molecule has 5 heteroatoms. The van der Waals surface area contributed by atoms with Crippen molar-refractivity contribution in [3.8, 4) is 0 Å². The maximum atomic E-state index is 13.9. The van der Waals surface area contributed by atoms with E-state index in [2.05, 4.69) is 4.98 Å². The monoisotopic (exact) mass is 292 g/mol. The third-order valence-corrected chi connectivity index (χ3v) is 3.49. The van der Waals surface area contributed by atoms with E-state index in [1.165, 1.54) is 6.07 Å². The maximum absolute atomic E-state index is 13.9. The van der Waals surface area contributed by atoms with Crippen molar-refractivity contribution in [3.05, 3.63) is 29.8 Å². The highest BCUT2D eigenvalue weighted by Crippen LogP contribution is 2.28. The van der Waals surface area contributed by atoms with E-state index in [0.29, 0.717) is 35.8 Å². The number of carbonyl (C=O) groups excluding carboxylic acids is 1. The SMILES string of the molecule is CCOC(=O)C(CC(C)C)c1nc2c(F)cccc2n1C. The van der Waals surface area contributed by atoms with Crippen LogP contribution >= 0.6 is 0 Å². The minimum atomic E-state index is -0.471. The summed E-state index contributed by atoms with van der Waals surface area (Å²) in [5.41, 5.74) is 0.983. The van der Waals surface area contributed by atoms with E-state index < -0.39 is 5.92 Å². The van der Waals surface area contributed by atoms with Crippen molar-refractivity contribution in [1.29, 1.82) is 0 Å². The van der Waals surface area contributed by atoms with Crippen LogP contribution in [0.2, 0.25) is 0 Å². The van der Waals surface area contributed by atoms with Crippen molar-refractivity contribution in [2.75, 3.05) is 6.61 Å². The average Bonchev–Trinajstić information content (AvgIpc) is 2.75. The van der Waals surface area contributed by atoms with E-state index in [-0.39, 0.29) is 11.8 Å². The zero-order valence-corrected chi connectivity index (χ0v) is 12.9. The van der Waals surface area contributed by atoms with Crippen molar-refractivity contribution in [2.24, 2.45) is 13.0 Å².